The largest absolute Gasteiger partial charge is 0.508 e. The fourth-order valence-corrected chi connectivity index (χ4v) is 0.784. The molecule has 0 saturated heterocycles. The van der Waals surface area contributed by atoms with E-state index in [0.717, 1.165) is 5.57 Å². The number of aliphatic hydroxyl groups is 2. The number of allylic oxidation sites excluding steroid dienone is 1. The average molecular weight is 126 g/mol. The zero-order valence-electron chi connectivity index (χ0n) is 5.33. The van der Waals surface area contributed by atoms with Crippen LogP contribution in [-0.2, 0) is 0 Å². The summed E-state index contributed by atoms with van der Waals surface area (Å²) in [5, 5.41) is 17.9. The maximum atomic E-state index is 8.98. The predicted octanol–water partition coefficient (Wildman–Crippen LogP) is 1.14. The van der Waals surface area contributed by atoms with Crippen molar-refractivity contribution in [3.05, 3.63) is 23.5 Å². The smallest absolute Gasteiger partial charge is 0.116 e. The molecule has 1 aliphatic rings. The van der Waals surface area contributed by atoms with Crippen LogP contribution in [-0.4, -0.2) is 16.3 Å². The van der Waals surface area contributed by atoms with Gasteiger partial charge in [-0.25, -0.2) is 0 Å². The summed E-state index contributed by atoms with van der Waals surface area (Å²) in [6, 6.07) is 0. The fourth-order valence-electron chi connectivity index (χ4n) is 0.784. The van der Waals surface area contributed by atoms with Gasteiger partial charge >= 0.3 is 0 Å². The Kier molecular flexibility index (Phi) is 1.58. The van der Waals surface area contributed by atoms with Gasteiger partial charge in [-0.05, 0) is 25.0 Å². The van der Waals surface area contributed by atoms with Crippen molar-refractivity contribution in [2.75, 3.05) is 0 Å². The first-order valence-electron chi connectivity index (χ1n) is 2.96. The van der Waals surface area contributed by atoms with E-state index in [1.54, 1.807) is 0 Å². The molecule has 0 aromatic carbocycles. The number of aliphatic hydroxyl groups excluding tert-OH is 2. The Balaban J connectivity index is 2.75. The van der Waals surface area contributed by atoms with Crippen molar-refractivity contribution in [1.82, 2.24) is 0 Å². The van der Waals surface area contributed by atoms with E-state index in [1.807, 2.05) is 13.0 Å². The normalized spacial score (nSPS) is 27.1. The van der Waals surface area contributed by atoms with Crippen LogP contribution in [0, 0.1) is 0 Å². The van der Waals surface area contributed by atoms with Gasteiger partial charge in [0.25, 0.3) is 0 Å². The second-order valence-electron chi connectivity index (χ2n) is 2.24. The Labute approximate surface area is 54.1 Å². The Morgan fingerprint density at radius 2 is 2.33 bits per heavy atom. The molecule has 0 bridgehead atoms. The highest BCUT2D eigenvalue weighted by Gasteiger charge is 2.07. The van der Waals surface area contributed by atoms with Gasteiger partial charge < -0.3 is 10.2 Å². The third-order valence-electron chi connectivity index (χ3n) is 1.42. The van der Waals surface area contributed by atoms with E-state index in [2.05, 4.69) is 0 Å². The van der Waals surface area contributed by atoms with Crippen molar-refractivity contribution in [3.8, 4) is 0 Å². The van der Waals surface area contributed by atoms with Crippen molar-refractivity contribution >= 4 is 0 Å². The standard InChI is InChI=1S/C7H10O2/c1-5-2-3-6(8)4-7(5)9/h2,4,6,8-9H,3H2,1H3. The summed E-state index contributed by atoms with van der Waals surface area (Å²) in [7, 11) is 0. The molecule has 0 radical (unpaired) electrons. The molecule has 0 heterocycles. The predicted molar refractivity (Wildman–Crippen MR) is 35.1 cm³/mol. The van der Waals surface area contributed by atoms with Crippen molar-refractivity contribution in [2.24, 2.45) is 0 Å². The van der Waals surface area contributed by atoms with Gasteiger partial charge in [0, 0.05) is 0 Å². The Morgan fingerprint density at radius 1 is 1.67 bits per heavy atom. The topological polar surface area (TPSA) is 40.5 Å². The molecule has 0 saturated carbocycles. The van der Waals surface area contributed by atoms with E-state index >= 15 is 0 Å². The Hall–Kier alpha value is -0.760. The summed E-state index contributed by atoms with van der Waals surface area (Å²) in [6.07, 6.45) is 3.40. The minimum absolute atomic E-state index is 0.203. The van der Waals surface area contributed by atoms with Gasteiger partial charge in [-0.15, -0.1) is 0 Å². The zero-order valence-corrected chi connectivity index (χ0v) is 5.33. The van der Waals surface area contributed by atoms with Crippen LogP contribution in [0.4, 0.5) is 0 Å². The van der Waals surface area contributed by atoms with Gasteiger partial charge in [0.1, 0.15) is 5.76 Å². The minimum Gasteiger partial charge on any atom is -0.508 e. The lowest BCUT2D eigenvalue weighted by Crippen LogP contribution is -2.06. The highest BCUT2D eigenvalue weighted by Crippen LogP contribution is 2.14. The van der Waals surface area contributed by atoms with Crippen LogP contribution in [0.1, 0.15) is 13.3 Å². The van der Waals surface area contributed by atoms with Crippen LogP contribution < -0.4 is 0 Å². The molecule has 1 unspecified atom stereocenters. The van der Waals surface area contributed by atoms with Crippen molar-refractivity contribution in [3.63, 3.8) is 0 Å². The SMILES string of the molecule is CC1=CCC(O)C=C1O. The van der Waals surface area contributed by atoms with E-state index < -0.39 is 6.10 Å². The van der Waals surface area contributed by atoms with Crippen LogP contribution in [0.25, 0.3) is 0 Å². The number of hydrogen-bond acceptors (Lipinski definition) is 2. The van der Waals surface area contributed by atoms with Crippen LogP contribution in [0.3, 0.4) is 0 Å². The van der Waals surface area contributed by atoms with Crippen LogP contribution >= 0.6 is 0 Å². The second kappa shape index (κ2) is 2.23. The van der Waals surface area contributed by atoms with Crippen molar-refractivity contribution < 1.29 is 10.2 Å². The molecule has 0 aliphatic heterocycles. The Bertz CT molecular complexity index is 168. The molecule has 1 atom stereocenters. The van der Waals surface area contributed by atoms with Gasteiger partial charge in [0.15, 0.2) is 0 Å². The van der Waals surface area contributed by atoms with Gasteiger partial charge in [-0.1, -0.05) is 6.08 Å². The molecule has 2 N–H and O–H groups in total. The second-order valence-corrected chi connectivity index (χ2v) is 2.24. The average Bonchev–Trinajstić information content (AvgIpc) is 1.80. The molecular weight excluding hydrogens is 116 g/mol. The van der Waals surface area contributed by atoms with E-state index in [0.29, 0.717) is 6.42 Å². The first-order valence-corrected chi connectivity index (χ1v) is 2.96. The number of rotatable bonds is 0. The van der Waals surface area contributed by atoms with Crippen LogP contribution in [0.5, 0.6) is 0 Å². The van der Waals surface area contributed by atoms with E-state index in [1.165, 1.54) is 6.08 Å². The number of hydrogen-bond donors (Lipinski definition) is 2. The van der Waals surface area contributed by atoms with Crippen molar-refractivity contribution in [1.29, 1.82) is 0 Å². The summed E-state index contributed by atoms with van der Waals surface area (Å²) in [5.41, 5.74) is 0.848. The first kappa shape index (κ1) is 6.36. The molecule has 0 fully saturated rings. The van der Waals surface area contributed by atoms with Gasteiger partial charge in [-0.2, -0.15) is 0 Å². The van der Waals surface area contributed by atoms with E-state index in [-0.39, 0.29) is 5.76 Å². The molecule has 0 amide bonds. The van der Waals surface area contributed by atoms with Crippen LogP contribution in [0.2, 0.25) is 0 Å². The summed E-state index contributed by atoms with van der Waals surface area (Å²) in [6.45, 7) is 1.82. The lowest BCUT2D eigenvalue weighted by Gasteiger charge is -2.10. The molecular formula is C7H10O2. The zero-order chi connectivity index (χ0) is 6.85. The Morgan fingerprint density at radius 3 is 2.78 bits per heavy atom. The van der Waals surface area contributed by atoms with Crippen molar-refractivity contribution in [2.45, 2.75) is 19.4 Å². The molecule has 1 rings (SSSR count). The molecule has 9 heavy (non-hydrogen) atoms. The molecule has 0 aromatic heterocycles. The molecule has 2 heteroatoms. The third-order valence-corrected chi connectivity index (χ3v) is 1.42. The van der Waals surface area contributed by atoms with Gasteiger partial charge in [0.2, 0.25) is 0 Å². The molecule has 50 valence electrons. The molecule has 0 aromatic rings. The minimum atomic E-state index is -0.492. The summed E-state index contributed by atoms with van der Waals surface area (Å²) >= 11 is 0. The van der Waals surface area contributed by atoms with Crippen LogP contribution in [0.15, 0.2) is 23.5 Å². The molecule has 2 nitrogen and oxygen atoms in total. The molecule has 0 spiro atoms. The third kappa shape index (κ3) is 1.33. The highest BCUT2D eigenvalue weighted by atomic mass is 16.3. The van der Waals surface area contributed by atoms with E-state index in [4.69, 9.17) is 10.2 Å². The monoisotopic (exact) mass is 126 g/mol. The highest BCUT2D eigenvalue weighted by molar-refractivity contribution is 5.27. The maximum Gasteiger partial charge on any atom is 0.116 e. The van der Waals surface area contributed by atoms with Gasteiger partial charge in [0.05, 0.1) is 6.10 Å². The lowest BCUT2D eigenvalue weighted by molar-refractivity contribution is 0.217. The fraction of sp³-hybridized carbons (Fsp3) is 0.429. The first-order chi connectivity index (χ1) is 4.20. The van der Waals surface area contributed by atoms with E-state index in [9.17, 15) is 0 Å². The summed E-state index contributed by atoms with van der Waals surface area (Å²) < 4.78 is 0. The summed E-state index contributed by atoms with van der Waals surface area (Å²) in [4.78, 5) is 0. The van der Waals surface area contributed by atoms with Gasteiger partial charge in [-0.3, -0.25) is 0 Å². The molecule has 1 aliphatic carbocycles. The summed E-state index contributed by atoms with van der Waals surface area (Å²) in [5.74, 6) is 0.203. The maximum absolute atomic E-state index is 8.98. The lowest BCUT2D eigenvalue weighted by atomic mass is 10.1. The quantitative estimate of drug-likeness (QED) is 0.511.